The fourth-order valence-corrected chi connectivity index (χ4v) is 5.11. The van der Waals surface area contributed by atoms with Crippen molar-refractivity contribution in [2.75, 3.05) is 37.0 Å². The van der Waals surface area contributed by atoms with Crippen molar-refractivity contribution in [2.24, 2.45) is 0 Å². The van der Waals surface area contributed by atoms with Crippen LogP contribution in [0.3, 0.4) is 0 Å². The zero-order valence-electron chi connectivity index (χ0n) is 19.6. The molecule has 0 spiro atoms. The highest BCUT2D eigenvalue weighted by Gasteiger charge is 2.23. The molecule has 1 fully saturated rings. The fraction of sp³-hybridized carbons (Fsp3) is 0.308. The van der Waals surface area contributed by atoms with E-state index in [1.165, 1.54) is 17.3 Å². The van der Waals surface area contributed by atoms with E-state index in [2.05, 4.69) is 52.4 Å². The van der Waals surface area contributed by atoms with Crippen LogP contribution in [0.2, 0.25) is 0 Å². The second-order valence-electron chi connectivity index (χ2n) is 8.43. The smallest absolute Gasteiger partial charge is 0.232 e. The van der Waals surface area contributed by atoms with Crippen molar-refractivity contribution in [3.8, 4) is 11.8 Å². The summed E-state index contributed by atoms with van der Waals surface area (Å²) in [5, 5.41) is 19.5. The summed E-state index contributed by atoms with van der Waals surface area (Å²) in [6, 6.07) is 18.2. The number of rotatable bonds is 8. The average molecular weight is 487 g/mol. The number of nitrogens with zero attached hydrogens (tertiary/aromatic N) is 6. The topological polar surface area (TPSA) is 89.0 Å². The van der Waals surface area contributed by atoms with Gasteiger partial charge in [0.05, 0.1) is 37.1 Å². The Kier molecular flexibility index (Phi) is 6.84. The predicted octanol–water partition coefficient (Wildman–Crippen LogP) is 4.26. The van der Waals surface area contributed by atoms with E-state index in [1.54, 1.807) is 0 Å². The number of benzene rings is 2. The molecule has 1 saturated heterocycles. The Morgan fingerprint density at radius 2 is 1.89 bits per heavy atom. The van der Waals surface area contributed by atoms with Crippen LogP contribution in [0.25, 0.3) is 16.6 Å². The summed E-state index contributed by atoms with van der Waals surface area (Å²) in [5.41, 5.74) is 3.77. The molecule has 35 heavy (non-hydrogen) atoms. The number of carbonyl (C=O) groups excluding carboxylic acids is 1. The molecule has 0 N–H and O–H groups in total. The number of ether oxygens (including phenoxy) is 1. The highest BCUT2D eigenvalue weighted by atomic mass is 32.2. The highest BCUT2D eigenvalue weighted by Crippen LogP contribution is 2.29. The first-order valence-electron chi connectivity index (χ1n) is 11.6. The van der Waals surface area contributed by atoms with Gasteiger partial charge in [0.1, 0.15) is 0 Å². The molecule has 3 heterocycles. The summed E-state index contributed by atoms with van der Waals surface area (Å²) < 4.78 is 9.52. The van der Waals surface area contributed by atoms with E-state index in [-0.39, 0.29) is 11.5 Å². The SMILES string of the molecule is Cc1ccc(-n2c(SCC(=O)c3cn(CCC#N)c4ccccc34)nnc2N2CCOCC2)cc1. The minimum absolute atomic E-state index is 0.0216. The minimum Gasteiger partial charge on any atom is -0.378 e. The van der Waals surface area contributed by atoms with Gasteiger partial charge in [0.2, 0.25) is 5.95 Å². The van der Waals surface area contributed by atoms with E-state index in [0.717, 1.165) is 35.6 Å². The molecule has 0 aliphatic carbocycles. The zero-order chi connectivity index (χ0) is 24.2. The zero-order valence-corrected chi connectivity index (χ0v) is 20.4. The number of anilines is 1. The lowest BCUT2D eigenvalue weighted by molar-refractivity contribution is 0.102. The fourth-order valence-electron chi connectivity index (χ4n) is 4.28. The third kappa shape index (κ3) is 4.81. The summed E-state index contributed by atoms with van der Waals surface area (Å²) in [4.78, 5) is 15.5. The number of aryl methyl sites for hydroxylation is 2. The van der Waals surface area contributed by atoms with Gasteiger partial charge >= 0.3 is 0 Å². The van der Waals surface area contributed by atoms with Crippen molar-refractivity contribution >= 4 is 34.4 Å². The normalized spacial score (nSPS) is 13.8. The molecule has 2 aromatic carbocycles. The van der Waals surface area contributed by atoms with E-state index in [0.29, 0.717) is 36.9 Å². The molecule has 0 bridgehead atoms. The van der Waals surface area contributed by atoms with Crippen molar-refractivity contribution in [2.45, 2.75) is 25.0 Å². The molecular formula is C26H26N6O2S. The Labute approximate surface area is 208 Å². The highest BCUT2D eigenvalue weighted by molar-refractivity contribution is 7.99. The first kappa shape index (κ1) is 23.1. The van der Waals surface area contributed by atoms with Gasteiger partial charge in [-0.15, -0.1) is 10.2 Å². The van der Waals surface area contributed by atoms with Crippen molar-refractivity contribution in [3.63, 3.8) is 0 Å². The lowest BCUT2D eigenvalue weighted by atomic mass is 10.1. The van der Waals surface area contributed by atoms with Gasteiger partial charge in [0.15, 0.2) is 10.9 Å². The second kappa shape index (κ2) is 10.3. The number of hydrogen-bond donors (Lipinski definition) is 0. The van der Waals surface area contributed by atoms with Gasteiger partial charge < -0.3 is 14.2 Å². The van der Waals surface area contributed by atoms with Crippen LogP contribution in [0.5, 0.6) is 0 Å². The Bertz CT molecular complexity index is 1380. The maximum atomic E-state index is 13.3. The van der Waals surface area contributed by atoms with Crippen LogP contribution in [0.1, 0.15) is 22.3 Å². The monoisotopic (exact) mass is 486 g/mol. The van der Waals surface area contributed by atoms with E-state index < -0.39 is 0 Å². The maximum Gasteiger partial charge on any atom is 0.232 e. The lowest BCUT2D eigenvalue weighted by Gasteiger charge is -2.27. The Morgan fingerprint density at radius 3 is 2.66 bits per heavy atom. The van der Waals surface area contributed by atoms with Crippen LogP contribution in [0.4, 0.5) is 5.95 Å². The van der Waals surface area contributed by atoms with Gasteiger partial charge in [-0.3, -0.25) is 9.36 Å². The molecule has 0 atom stereocenters. The lowest BCUT2D eigenvalue weighted by Crippen LogP contribution is -2.37. The predicted molar refractivity (Wildman–Crippen MR) is 136 cm³/mol. The molecule has 9 heteroatoms. The Hall–Kier alpha value is -3.61. The van der Waals surface area contributed by atoms with E-state index in [1.807, 2.05) is 39.6 Å². The summed E-state index contributed by atoms with van der Waals surface area (Å²) in [7, 11) is 0. The molecule has 0 radical (unpaired) electrons. The van der Waals surface area contributed by atoms with Crippen LogP contribution in [-0.4, -0.2) is 57.2 Å². The van der Waals surface area contributed by atoms with Gasteiger partial charge in [-0.1, -0.05) is 47.7 Å². The third-order valence-electron chi connectivity index (χ3n) is 6.09. The van der Waals surface area contributed by atoms with Gasteiger partial charge in [-0.25, -0.2) is 0 Å². The molecule has 0 saturated carbocycles. The number of morpholine rings is 1. The van der Waals surface area contributed by atoms with Crippen molar-refractivity contribution in [1.82, 2.24) is 19.3 Å². The summed E-state index contributed by atoms with van der Waals surface area (Å²) >= 11 is 1.39. The minimum atomic E-state index is 0.0216. The molecule has 1 aliphatic rings. The first-order chi connectivity index (χ1) is 17.2. The number of hydrogen-bond acceptors (Lipinski definition) is 7. The summed E-state index contributed by atoms with van der Waals surface area (Å²) in [6.45, 7) is 5.41. The second-order valence-corrected chi connectivity index (χ2v) is 9.37. The number of thioether (sulfide) groups is 1. The number of fused-ring (bicyclic) bond motifs is 1. The van der Waals surface area contributed by atoms with Crippen LogP contribution in [-0.2, 0) is 11.3 Å². The van der Waals surface area contributed by atoms with Crippen molar-refractivity contribution in [3.05, 3.63) is 65.9 Å². The first-order valence-corrected chi connectivity index (χ1v) is 12.6. The number of carbonyl (C=O) groups is 1. The van der Waals surface area contributed by atoms with Gasteiger partial charge in [-0.2, -0.15) is 5.26 Å². The van der Waals surface area contributed by atoms with E-state index in [9.17, 15) is 4.79 Å². The number of ketones is 1. The Balaban J connectivity index is 1.43. The summed E-state index contributed by atoms with van der Waals surface area (Å²) in [5.74, 6) is 1.02. The van der Waals surface area contributed by atoms with Gasteiger partial charge in [0, 0.05) is 42.3 Å². The van der Waals surface area contributed by atoms with Crippen LogP contribution in [0, 0.1) is 18.3 Å². The number of para-hydroxylation sites is 1. The summed E-state index contributed by atoms with van der Waals surface area (Å²) in [6.07, 6.45) is 2.26. The van der Waals surface area contributed by atoms with Crippen molar-refractivity contribution < 1.29 is 9.53 Å². The molecule has 4 aromatic rings. The molecular weight excluding hydrogens is 460 g/mol. The molecule has 0 unspecified atom stereocenters. The average Bonchev–Trinajstić information content (AvgIpc) is 3.49. The molecule has 5 rings (SSSR count). The largest absolute Gasteiger partial charge is 0.378 e. The molecule has 178 valence electrons. The van der Waals surface area contributed by atoms with Crippen molar-refractivity contribution in [1.29, 1.82) is 5.26 Å². The van der Waals surface area contributed by atoms with Gasteiger partial charge in [-0.05, 0) is 25.1 Å². The van der Waals surface area contributed by atoms with Crippen LogP contribution in [0.15, 0.2) is 59.9 Å². The number of aromatic nitrogens is 4. The molecule has 1 aliphatic heterocycles. The third-order valence-corrected chi connectivity index (χ3v) is 7.02. The van der Waals surface area contributed by atoms with Crippen LogP contribution < -0.4 is 4.90 Å². The van der Waals surface area contributed by atoms with E-state index in [4.69, 9.17) is 10.00 Å². The van der Waals surface area contributed by atoms with E-state index >= 15 is 0 Å². The van der Waals surface area contributed by atoms with Crippen LogP contribution >= 0.6 is 11.8 Å². The quantitative estimate of drug-likeness (QED) is 0.272. The molecule has 0 amide bonds. The number of nitriles is 1. The van der Waals surface area contributed by atoms with Gasteiger partial charge in [0.25, 0.3) is 0 Å². The Morgan fingerprint density at radius 1 is 1.11 bits per heavy atom. The maximum absolute atomic E-state index is 13.3. The number of Topliss-reactive ketones (excluding diaryl/α,β-unsaturated/α-hetero) is 1. The molecule has 2 aromatic heterocycles. The molecule has 8 nitrogen and oxygen atoms in total. The standard InChI is InChI=1S/C26H26N6O2S/c1-19-7-9-20(10-8-19)32-25(30-13-15-34-16-14-30)28-29-26(32)35-18-24(33)22-17-31(12-4-11-27)23-6-3-2-5-21(22)23/h2-3,5-10,17H,4,12-16,18H2,1H3.